The van der Waals surface area contributed by atoms with Crippen molar-refractivity contribution in [2.24, 2.45) is 0 Å². The molecular formula is C15H9F2N3O. The third-order valence-corrected chi connectivity index (χ3v) is 2.91. The molecule has 3 aromatic rings. The Bertz CT molecular complexity index is 822. The van der Waals surface area contributed by atoms with Crippen LogP contribution in [0, 0.1) is 11.6 Å². The lowest BCUT2D eigenvalue weighted by Crippen LogP contribution is -2.13. The molecule has 0 radical (unpaired) electrons. The standard InChI is InChI=1S/C15H9F2N3O/c16-9-7-10-12(4-6-19-14(10)11(17)8-9)20-15(21)13-3-1-2-5-18-13/h1-8H,(H,19,20,21). The summed E-state index contributed by atoms with van der Waals surface area (Å²) >= 11 is 0. The first-order valence-electron chi connectivity index (χ1n) is 6.11. The SMILES string of the molecule is O=C(Nc1ccnc2c(F)cc(F)cc12)c1ccccn1. The van der Waals surface area contributed by atoms with Gasteiger partial charge in [0.15, 0.2) is 5.82 Å². The highest BCUT2D eigenvalue weighted by atomic mass is 19.1. The van der Waals surface area contributed by atoms with Crippen LogP contribution >= 0.6 is 0 Å². The van der Waals surface area contributed by atoms with Crippen molar-refractivity contribution in [2.75, 3.05) is 5.32 Å². The molecule has 0 atom stereocenters. The van der Waals surface area contributed by atoms with Gasteiger partial charge < -0.3 is 5.32 Å². The van der Waals surface area contributed by atoms with E-state index in [2.05, 4.69) is 15.3 Å². The van der Waals surface area contributed by atoms with Crippen LogP contribution in [0.25, 0.3) is 10.9 Å². The first kappa shape index (κ1) is 13.1. The summed E-state index contributed by atoms with van der Waals surface area (Å²) in [7, 11) is 0. The number of pyridine rings is 2. The van der Waals surface area contributed by atoms with Gasteiger partial charge in [0.1, 0.15) is 17.0 Å². The summed E-state index contributed by atoms with van der Waals surface area (Å²) in [5, 5.41) is 2.77. The van der Waals surface area contributed by atoms with Crippen LogP contribution in [0.4, 0.5) is 14.5 Å². The monoisotopic (exact) mass is 285 g/mol. The number of nitrogens with one attached hydrogen (secondary N) is 1. The molecule has 21 heavy (non-hydrogen) atoms. The summed E-state index contributed by atoms with van der Waals surface area (Å²) in [6.45, 7) is 0. The van der Waals surface area contributed by atoms with Gasteiger partial charge in [-0.3, -0.25) is 14.8 Å². The number of anilines is 1. The molecule has 0 spiro atoms. The predicted octanol–water partition coefficient (Wildman–Crippen LogP) is 3.16. The molecule has 0 aliphatic carbocycles. The van der Waals surface area contributed by atoms with Gasteiger partial charge in [-0.15, -0.1) is 0 Å². The van der Waals surface area contributed by atoms with Gasteiger partial charge >= 0.3 is 0 Å². The van der Waals surface area contributed by atoms with Gasteiger partial charge in [-0.1, -0.05) is 6.07 Å². The van der Waals surface area contributed by atoms with Crippen LogP contribution in [-0.2, 0) is 0 Å². The van der Waals surface area contributed by atoms with E-state index in [-0.39, 0.29) is 22.3 Å². The normalized spacial score (nSPS) is 10.6. The highest BCUT2D eigenvalue weighted by Gasteiger charge is 2.12. The average Bonchev–Trinajstić information content (AvgIpc) is 2.49. The zero-order valence-electron chi connectivity index (χ0n) is 10.7. The molecule has 1 N–H and O–H groups in total. The number of fused-ring (bicyclic) bond motifs is 1. The zero-order valence-corrected chi connectivity index (χ0v) is 10.7. The minimum atomic E-state index is -0.779. The third kappa shape index (κ3) is 2.55. The first-order chi connectivity index (χ1) is 10.1. The molecule has 0 aliphatic rings. The van der Waals surface area contributed by atoms with E-state index in [0.717, 1.165) is 12.1 Å². The van der Waals surface area contributed by atoms with Crippen LogP contribution in [0.1, 0.15) is 10.5 Å². The smallest absolute Gasteiger partial charge is 0.274 e. The highest BCUT2D eigenvalue weighted by molar-refractivity contribution is 6.07. The molecule has 3 rings (SSSR count). The Hall–Kier alpha value is -2.89. The molecule has 2 heterocycles. The lowest BCUT2D eigenvalue weighted by atomic mass is 10.1. The van der Waals surface area contributed by atoms with Crippen LogP contribution in [0.3, 0.4) is 0 Å². The van der Waals surface area contributed by atoms with Gasteiger partial charge in [0.2, 0.25) is 0 Å². The molecule has 0 fully saturated rings. The molecule has 6 heteroatoms. The van der Waals surface area contributed by atoms with E-state index in [0.29, 0.717) is 0 Å². The molecule has 0 unspecified atom stereocenters. The predicted molar refractivity (Wildman–Crippen MR) is 73.8 cm³/mol. The minimum absolute atomic E-state index is 0.00443. The fourth-order valence-corrected chi connectivity index (χ4v) is 1.97. The Kier molecular flexibility index (Phi) is 3.27. The van der Waals surface area contributed by atoms with Crippen molar-refractivity contribution in [1.82, 2.24) is 9.97 Å². The Morgan fingerprint density at radius 1 is 1.05 bits per heavy atom. The van der Waals surface area contributed by atoms with Crippen LogP contribution in [0.5, 0.6) is 0 Å². The summed E-state index contributed by atoms with van der Waals surface area (Å²) in [6, 6.07) is 8.25. The fourth-order valence-electron chi connectivity index (χ4n) is 1.97. The summed E-state index contributed by atoms with van der Waals surface area (Å²) in [6.07, 6.45) is 2.83. The zero-order chi connectivity index (χ0) is 14.8. The number of nitrogens with zero attached hydrogens (tertiary/aromatic N) is 2. The van der Waals surface area contributed by atoms with Crippen molar-refractivity contribution in [3.8, 4) is 0 Å². The van der Waals surface area contributed by atoms with Gasteiger partial charge in [0, 0.05) is 23.8 Å². The molecule has 1 aromatic carbocycles. The topological polar surface area (TPSA) is 54.9 Å². The Morgan fingerprint density at radius 2 is 1.90 bits per heavy atom. The summed E-state index contributed by atoms with van der Waals surface area (Å²) in [4.78, 5) is 19.8. The quantitative estimate of drug-likeness (QED) is 0.787. The molecule has 0 saturated heterocycles. The maximum Gasteiger partial charge on any atom is 0.274 e. The van der Waals surface area contributed by atoms with Crippen LogP contribution < -0.4 is 5.32 Å². The van der Waals surface area contributed by atoms with Crippen molar-refractivity contribution in [3.63, 3.8) is 0 Å². The second kappa shape index (κ2) is 5.24. The molecule has 2 aromatic heterocycles. The lowest BCUT2D eigenvalue weighted by Gasteiger charge is -2.08. The van der Waals surface area contributed by atoms with Gasteiger partial charge in [0.25, 0.3) is 5.91 Å². The second-order valence-corrected chi connectivity index (χ2v) is 4.31. The molecule has 1 amide bonds. The number of benzene rings is 1. The van der Waals surface area contributed by atoms with Crippen LogP contribution in [-0.4, -0.2) is 15.9 Å². The van der Waals surface area contributed by atoms with Crippen molar-refractivity contribution in [2.45, 2.75) is 0 Å². The number of aromatic nitrogens is 2. The Labute approximate surface area is 118 Å². The second-order valence-electron chi connectivity index (χ2n) is 4.31. The van der Waals surface area contributed by atoms with E-state index in [1.165, 1.54) is 18.5 Å². The summed E-state index contributed by atoms with van der Waals surface area (Å²) < 4.78 is 27.0. The number of halogens is 2. The first-order valence-corrected chi connectivity index (χ1v) is 6.11. The Morgan fingerprint density at radius 3 is 2.67 bits per heavy atom. The van der Waals surface area contributed by atoms with Crippen molar-refractivity contribution in [1.29, 1.82) is 0 Å². The van der Waals surface area contributed by atoms with Crippen molar-refractivity contribution in [3.05, 3.63) is 66.1 Å². The minimum Gasteiger partial charge on any atom is -0.320 e. The van der Waals surface area contributed by atoms with Crippen molar-refractivity contribution >= 4 is 22.5 Å². The fraction of sp³-hybridized carbons (Fsp3) is 0. The van der Waals surface area contributed by atoms with E-state index in [4.69, 9.17) is 0 Å². The number of carbonyl (C=O) groups is 1. The third-order valence-electron chi connectivity index (χ3n) is 2.91. The number of hydrogen-bond donors (Lipinski definition) is 1. The number of rotatable bonds is 2. The molecule has 0 saturated carbocycles. The average molecular weight is 285 g/mol. The van der Waals surface area contributed by atoms with E-state index in [9.17, 15) is 13.6 Å². The van der Waals surface area contributed by atoms with E-state index in [1.807, 2.05) is 0 Å². The summed E-state index contributed by atoms with van der Waals surface area (Å²) in [5.41, 5.74) is 0.476. The van der Waals surface area contributed by atoms with E-state index < -0.39 is 17.5 Å². The van der Waals surface area contributed by atoms with Gasteiger partial charge in [0.05, 0.1) is 5.69 Å². The molecule has 0 aliphatic heterocycles. The van der Waals surface area contributed by atoms with Gasteiger partial charge in [-0.2, -0.15) is 0 Å². The van der Waals surface area contributed by atoms with E-state index >= 15 is 0 Å². The molecule has 0 bridgehead atoms. The van der Waals surface area contributed by atoms with Crippen LogP contribution in [0.15, 0.2) is 48.8 Å². The van der Waals surface area contributed by atoms with Crippen molar-refractivity contribution < 1.29 is 13.6 Å². The Balaban J connectivity index is 2.03. The van der Waals surface area contributed by atoms with Gasteiger partial charge in [-0.25, -0.2) is 8.78 Å². The van der Waals surface area contributed by atoms with Gasteiger partial charge in [-0.05, 0) is 24.3 Å². The number of carbonyl (C=O) groups excluding carboxylic acids is 1. The maximum absolute atomic E-state index is 13.7. The molecular weight excluding hydrogens is 276 g/mol. The van der Waals surface area contributed by atoms with Crippen LogP contribution in [0.2, 0.25) is 0 Å². The largest absolute Gasteiger partial charge is 0.320 e. The number of amides is 1. The molecule has 104 valence electrons. The lowest BCUT2D eigenvalue weighted by molar-refractivity contribution is 0.102. The molecule has 4 nitrogen and oxygen atoms in total. The summed E-state index contributed by atoms with van der Waals surface area (Å²) in [5.74, 6) is -1.98. The maximum atomic E-state index is 13.7. The van der Waals surface area contributed by atoms with E-state index in [1.54, 1.807) is 18.2 Å². The number of hydrogen-bond acceptors (Lipinski definition) is 3. The highest BCUT2D eigenvalue weighted by Crippen LogP contribution is 2.25.